The molecule has 5 heteroatoms. The summed E-state index contributed by atoms with van der Waals surface area (Å²) in [6.45, 7) is 5.00. The minimum atomic E-state index is 0.646. The van der Waals surface area contributed by atoms with E-state index in [4.69, 9.17) is 0 Å². The van der Waals surface area contributed by atoms with Crippen LogP contribution in [0.4, 0.5) is 5.95 Å². The third-order valence-corrected chi connectivity index (χ3v) is 4.96. The number of hydrogen-bond donors (Lipinski definition) is 1. The number of hydrogen-bond acceptors (Lipinski definition) is 5. The minimum absolute atomic E-state index is 0.646. The van der Waals surface area contributed by atoms with Gasteiger partial charge in [0.2, 0.25) is 5.95 Å². The molecule has 3 rings (SSSR count). The van der Waals surface area contributed by atoms with Crippen LogP contribution in [-0.4, -0.2) is 15.2 Å². The Bertz CT molecular complexity index is 584. The highest BCUT2D eigenvalue weighted by atomic mass is 32.1. The molecule has 20 heavy (non-hydrogen) atoms. The van der Waals surface area contributed by atoms with E-state index in [1.54, 1.807) is 10.4 Å². The normalized spacial score (nSPS) is 13.5. The van der Waals surface area contributed by atoms with Crippen LogP contribution in [0.25, 0.3) is 0 Å². The highest BCUT2D eigenvalue weighted by molar-refractivity contribution is 7.12. The Kier molecular flexibility index (Phi) is 3.96. The Hall–Kier alpha value is -1.49. The monoisotopic (exact) mass is 288 g/mol. The number of aryl methyl sites for hydroxylation is 4. The van der Waals surface area contributed by atoms with Crippen molar-refractivity contribution in [3.8, 4) is 0 Å². The van der Waals surface area contributed by atoms with Gasteiger partial charge in [-0.1, -0.05) is 13.8 Å². The molecule has 0 bridgehead atoms. The molecule has 0 saturated carbocycles. The molecule has 0 amide bonds. The van der Waals surface area contributed by atoms with E-state index in [9.17, 15) is 0 Å². The zero-order valence-corrected chi connectivity index (χ0v) is 12.9. The summed E-state index contributed by atoms with van der Waals surface area (Å²) in [4.78, 5) is 7.50. The van der Waals surface area contributed by atoms with Crippen LogP contribution in [0.5, 0.6) is 0 Å². The number of rotatable bonds is 5. The van der Waals surface area contributed by atoms with Gasteiger partial charge in [-0.3, -0.25) is 0 Å². The Balaban J connectivity index is 1.68. The van der Waals surface area contributed by atoms with E-state index >= 15 is 0 Å². The van der Waals surface area contributed by atoms with E-state index in [0.717, 1.165) is 30.8 Å². The first-order chi connectivity index (χ1) is 9.80. The summed E-state index contributed by atoms with van der Waals surface area (Å²) in [6, 6.07) is 2.33. The molecule has 0 spiro atoms. The molecule has 0 saturated heterocycles. The van der Waals surface area contributed by atoms with Crippen molar-refractivity contribution in [1.82, 2.24) is 15.2 Å². The van der Waals surface area contributed by atoms with Crippen LogP contribution in [0.3, 0.4) is 0 Å². The molecule has 4 nitrogen and oxygen atoms in total. The average molecular weight is 288 g/mol. The molecule has 0 atom stereocenters. The lowest BCUT2D eigenvalue weighted by Gasteiger charge is -2.06. The summed E-state index contributed by atoms with van der Waals surface area (Å²) in [5, 5.41) is 11.7. The molecule has 2 heterocycles. The molecule has 106 valence electrons. The fourth-order valence-corrected chi connectivity index (χ4v) is 3.86. The molecular weight excluding hydrogens is 268 g/mol. The van der Waals surface area contributed by atoms with Gasteiger partial charge in [0.15, 0.2) is 0 Å². The van der Waals surface area contributed by atoms with Gasteiger partial charge < -0.3 is 5.32 Å². The second-order valence-electron chi connectivity index (χ2n) is 5.10. The molecule has 0 radical (unpaired) electrons. The van der Waals surface area contributed by atoms with Crippen molar-refractivity contribution >= 4 is 17.3 Å². The van der Waals surface area contributed by atoms with E-state index < -0.39 is 0 Å². The molecular formula is C15H20N4S. The van der Waals surface area contributed by atoms with Crippen LogP contribution in [0.1, 0.15) is 47.0 Å². The predicted octanol–water partition coefficient (Wildman–Crippen LogP) is 3.16. The summed E-state index contributed by atoms with van der Waals surface area (Å²) in [7, 11) is 0. The zero-order valence-electron chi connectivity index (χ0n) is 12.1. The van der Waals surface area contributed by atoms with Crippen LogP contribution in [0.2, 0.25) is 0 Å². The smallest absolute Gasteiger partial charge is 0.243 e. The molecule has 2 aromatic rings. The van der Waals surface area contributed by atoms with Crippen molar-refractivity contribution in [1.29, 1.82) is 0 Å². The lowest BCUT2D eigenvalue weighted by molar-refractivity contribution is 0.820. The van der Waals surface area contributed by atoms with E-state index in [0.29, 0.717) is 5.95 Å². The predicted molar refractivity (Wildman–Crippen MR) is 82.3 cm³/mol. The summed E-state index contributed by atoms with van der Waals surface area (Å²) < 4.78 is 0. The first-order valence-electron chi connectivity index (χ1n) is 7.37. The maximum Gasteiger partial charge on any atom is 0.243 e. The molecule has 0 aromatic carbocycles. The highest BCUT2D eigenvalue weighted by Crippen LogP contribution is 2.30. The second-order valence-corrected chi connectivity index (χ2v) is 6.33. The fraction of sp³-hybridized carbons (Fsp3) is 0.533. The van der Waals surface area contributed by atoms with E-state index in [-0.39, 0.29) is 0 Å². The largest absolute Gasteiger partial charge is 0.348 e. The van der Waals surface area contributed by atoms with Gasteiger partial charge in [0, 0.05) is 9.75 Å². The van der Waals surface area contributed by atoms with Crippen LogP contribution in [-0.2, 0) is 32.2 Å². The van der Waals surface area contributed by atoms with Crippen molar-refractivity contribution in [2.75, 3.05) is 5.32 Å². The van der Waals surface area contributed by atoms with E-state index in [2.05, 4.69) is 40.4 Å². The molecule has 0 unspecified atom stereocenters. The van der Waals surface area contributed by atoms with E-state index in [1.165, 1.54) is 24.1 Å². The number of nitrogens with one attached hydrogen (secondary N) is 1. The van der Waals surface area contributed by atoms with Crippen molar-refractivity contribution < 1.29 is 0 Å². The molecule has 0 fully saturated rings. The number of anilines is 1. The van der Waals surface area contributed by atoms with Gasteiger partial charge in [0.1, 0.15) is 0 Å². The van der Waals surface area contributed by atoms with Crippen LogP contribution >= 0.6 is 11.3 Å². The topological polar surface area (TPSA) is 50.7 Å². The zero-order chi connectivity index (χ0) is 13.9. The first kappa shape index (κ1) is 13.5. The highest BCUT2D eigenvalue weighted by Gasteiger charge is 2.14. The van der Waals surface area contributed by atoms with E-state index in [1.807, 2.05) is 11.3 Å². The molecule has 0 aliphatic heterocycles. The van der Waals surface area contributed by atoms with Gasteiger partial charge in [0.05, 0.1) is 17.9 Å². The molecule has 1 N–H and O–H groups in total. The Morgan fingerprint density at radius 2 is 2.00 bits per heavy atom. The van der Waals surface area contributed by atoms with Gasteiger partial charge in [-0.2, -0.15) is 5.10 Å². The van der Waals surface area contributed by atoms with Crippen molar-refractivity contribution in [3.05, 3.63) is 32.8 Å². The second kappa shape index (κ2) is 5.87. The SMILES string of the molecule is CCc1nnc(NCc2cc3c(s2)CCC3)nc1CC. The Labute approximate surface area is 123 Å². The van der Waals surface area contributed by atoms with Crippen molar-refractivity contribution in [2.24, 2.45) is 0 Å². The molecule has 1 aliphatic carbocycles. The quantitative estimate of drug-likeness (QED) is 0.918. The Morgan fingerprint density at radius 1 is 1.15 bits per heavy atom. The Morgan fingerprint density at radius 3 is 2.75 bits per heavy atom. The minimum Gasteiger partial charge on any atom is -0.348 e. The summed E-state index contributed by atoms with van der Waals surface area (Å²) in [6.07, 6.45) is 5.61. The average Bonchev–Trinajstić information content (AvgIpc) is 3.05. The number of aromatic nitrogens is 3. The fourth-order valence-electron chi connectivity index (χ4n) is 2.66. The number of fused-ring (bicyclic) bond motifs is 1. The summed E-state index contributed by atoms with van der Waals surface area (Å²) in [5.41, 5.74) is 3.60. The van der Waals surface area contributed by atoms with Crippen molar-refractivity contribution in [2.45, 2.75) is 52.5 Å². The van der Waals surface area contributed by atoms with Gasteiger partial charge in [-0.15, -0.1) is 16.4 Å². The maximum atomic E-state index is 4.56. The van der Waals surface area contributed by atoms with Gasteiger partial charge in [0.25, 0.3) is 0 Å². The third-order valence-electron chi connectivity index (χ3n) is 3.73. The van der Waals surface area contributed by atoms with Gasteiger partial charge in [-0.05, 0) is 43.7 Å². The van der Waals surface area contributed by atoms with Crippen LogP contribution < -0.4 is 5.32 Å². The lowest BCUT2D eigenvalue weighted by atomic mass is 10.2. The molecule has 2 aromatic heterocycles. The maximum absolute atomic E-state index is 4.56. The number of nitrogens with zero attached hydrogens (tertiary/aromatic N) is 3. The summed E-state index contributed by atoms with van der Waals surface area (Å²) in [5.74, 6) is 0.646. The summed E-state index contributed by atoms with van der Waals surface area (Å²) >= 11 is 1.92. The lowest BCUT2D eigenvalue weighted by Crippen LogP contribution is -2.09. The van der Waals surface area contributed by atoms with Crippen molar-refractivity contribution in [3.63, 3.8) is 0 Å². The third kappa shape index (κ3) is 2.68. The number of thiophene rings is 1. The molecule has 1 aliphatic rings. The van der Waals surface area contributed by atoms with Crippen LogP contribution in [0.15, 0.2) is 6.07 Å². The van der Waals surface area contributed by atoms with Gasteiger partial charge >= 0.3 is 0 Å². The first-order valence-corrected chi connectivity index (χ1v) is 8.18. The van der Waals surface area contributed by atoms with Crippen LogP contribution in [0, 0.1) is 0 Å². The van der Waals surface area contributed by atoms with Gasteiger partial charge in [-0.25, -0.2) is 4.98 Å². The standard InChI is InChI=1S/C15H20N4S/c1-3-12-13(4-2)18-19-15(17-12)16-9-11-8-10-6-5-7-14(10)20-11/h8H,3-7,9H2,1-2H3,(H,16,17,19).